The van der Waals surface area contributed by atoms with Gasteiger partial charge >= 0.3 is 0 Å². The first-order valence-corrected chi connectivity index (χ1v) is 7.94. The Labute approximate surface area is 125 Å². The number of fused-ring (bicyclic) bond motifs is 1. The number of rotatable bonds is 1. The summed E-state index contributed by atoms with van der Waals surface area (Å²) in [6.07, 6.45) is 1.83. The van der Waals surface area contributed by atoms with Crippen molar-refractivity contribution in [3.05, 3.63) is 35.5 Å². The first-order valence-electron chi connectivity index (χ1n) is 7.12. The van der Waals surface area contributed by atoms with Crippen LogP contribution in [-0.2, 0) is 10.8 Å². The SMILES string of the molecule is CC(C)(C)c1cc2ccnc(O[SiH3])c2cc1C(C)(C)C. The number of aromatic nitrogens is 1. The van der Waals surface area contributed by atoms with Crippen LogP contribution in [0, 0.1) is 0 Å². The van der Waals surface area contributed by atoms with Crippen molar-refractivity contribution in [2.45, 2.75) is 52.4 Å². The minimum atomic E-state index is 0.106. The first kappa shape index (κ1) is 15.0. The lowest BCUT2D eigenvalue weighted by Crippen LogP contribution is -2.22. The van der Waals surface area contributed by atoms with E-state index in [1.807, 2.05) is 6.20 Å². The smallest absolute Gasteiger partial charge is 0.206 e. The third-order valence-electron chi connectivity index (χ3n) is 3.68. The summed E-state index contributed by atoms with van der Waals surface area (Å²) < 4.78 is 5.55. The second kappa shape index (κ2) is 4.88. The van der Waals surface area contributed by atoms with Gasteiger partial charge in [0.2, 0.25) is 16.4 Å². The second-order valence-electron chi connectivity index (χ2n) is 7.44. The molecule has 0 saturated carbocycles. The van der Waals surface area contributed by atoms with Gasteiger partial charge in [-0.2, -0.15) is 0 Å². The standard InChI is InChI=1S/C17H25NOSi/c1-16(2,3)13-9-11-7-8-18-15(19-20)12(11)10-14(13)17(4,5)6/h7-10H,1-6,20H3. The predicted molar refractivity (Wildman–Crippen MR) is 89.7 cm³/mol. The van der Waals surface area contributed by atoms with Crippen LogP contribution in [0.25, 0.3) is 10.8 Å². The average molecular weight is 287 g/mol. The van der Waals surface area contributed by atoms with Crippen molar-refractivity contribution in [2.24, 2.45) is 0 Å². The second-order valence-corrected chi connectivity index (χ2v) is 7.85. The minimum absolute atomic E-state index is 0.106. The Hall–Kier alpha value is -1.35. The van der Waals surface area contributed by atoms with Crippen molar-refractivity contribution >= 4 is 21.3 Å². The van der Waals surface area contributed by atoms with Crippen molar-refractivity contribution in [1.29, 1.82) is 0 Å². The van der Waals surface area contributed by atoms with Gasteiger partial charge in [-0.3, -0.25) is 0 Å². The molecule has 0 spiro atoms. The van der Waals surface area contributed by atoms with Gasteiger partial charge in [0.15, 0.2) is 0 Å². The van der Waals surface area contributed by atoms with Gasteiger partial charge in [-0.05, 0) is 39.5 Å². The van der Waals surface area contributed by atoms with Crippen molar-refractivity contribution in [3.8, 4) is 5.88 Å². The van der Waals surface area contributed by atoms with Crippen molar-refractivity contribution < 1.29 is 4.43 Å². The van der Waals surface area contributed by atoms with Gasteiger partial charge in [0.1, 0.15) is 0 Å². The maximum absolute atomic E-state index is 5.55. The maximum Gasteiger partial charge on any atom is 0.206 e. The van der Waals surface area contributed by atoms with E-state index in [9.17, 15) is 0 Å². The van der Waals surface area contributed by atoms with E-state index in [0.29, 0.717) is 10.5 Å². The molecule has 1 heterocycles. The lowest BCUT2D eigenvalue weighted by atomic mass is 9.74. The van der Waals surface area contributed by atoms with E-state index >= 15 is 0 Å². The molecule has 2 nitrogen and oxygen atoms in total. The third-order valence-corrected chi connectivity index (χ3v) is 4.06. The van der Waals surface area contributed by atoms with E-state index < -0.39 is 0 Å². The maximum atomic E-state index is 5.55. The number of pyridine rings is 1. The molecule has 0 N–H and O–H groups in total. The molecule has 0 amide bonds. The number of benzene rings is 1. The molecule has 0 radical (unpaired) electrons. The quantitative estimate of drug-likeness (QED) is 0.749. The summed E-state index contributed by atoms with van der Waals surface area (Å²) in [4.78, 5) is 4.35. The molecule has 0 saturated heterocycles. The van der Waals surface area contributed by atoms with E-state index in [1.54, 1.807) is 0 Å². The average Bonchev–Trinajstić information content (AvgIpc) is 2.34. The molecule has 3 heteroatoms. The Morgan fingerprint density at radius 3 is 2.00 bits per heavy atom. The van der Waals surface area contributed by atoms with Crippen LogP contribution < -0.4 is 4.43 Å². The molecule has 1 aromatic carbocycles. The Balaban J connectivity index is 2.86. The zero-order valence-corrected chi connectivity index (χ0v) is 15.7. The zero-order valence-electron chi connectivity index (χ0n) is 13.7. The number of hydrogen-bond acceptors (Lipinski definition) is 2. The van der Waals surface area contributed by atoms with Crippen LogP contribution in [0.2, 0.25) is 0 Å². The lowest BCUT2D eigenvalue weighted by Gasteiger charge is -2.30. The summed E-state index contributed by atoms with van der Waals surface area (Å²) in [5.74, 6) is 0.764. The molecule has 2 aromatic rings. The Morgan fingerprint density at radius 1 is 0.950 bits per heavy atom. The van der Waals surface area contributed by atoms with E-state index in [-0.39, 0.29) is 10.8 Å². The van der Waals surface area contributed by atoms with Gasteiger partial charge in [-0.1, -0.05) is 47.6 Å². The highest BCUT2D eigenvalue weighted by molar-refractivity contribution is 6.02. The number of hydrogen-bond donors (Lipinski definition) is 0. The predicted octanol–water partition coefficient (Wildman–Crippen LogP) is 3.49. The summed E-state index contributed by atoms with van der Waals surface area (Å²) in [6.45, 7) is 13.6. The van der Waals surface area contributed by atoms with Crippen LogP contribution in [0.3, 0.4) is 0 Å². The molecule has 1 aromatic heterocycles. The van der Waals surface area contributed by atoms with Crippen molar-refractivity contribution in [3.63, 3.8) is 0 Å². The van der Waals surface area contributed by atoms with Crippen LogP contribution in [-0.4, -0.2) is 15.5 Å². The highest BCUT2D eigenvalue weighted by Gasteiger charge is 2.26. The summed E-state index contributed by atoms with van der Waals surface area (Å²) in [6, 6.07) is 6.65. The highest BCUT2D eigenvalue weighted by Crippen LogP contribution is 2.38. The molecular formula is C17H25NOSi. The molecule has 0 aliphatic rings. The lowest BCUT2D eigenvalue weighted by molar-refractivity contribution is 0.531. The topological polar surface area (TPSA) is 22.1 Å². The molecule has 0 aliphatic carbocycles. The Morgan fingerprint density at radius 2 is 1.50 bits per heavy atom. The third kappa shape index (κ3) is 2.73. The Kier molecular flexibility index (Phi) is 3.67. The summed E-state index contributed by atoms with van der Waals surface area (Å²) in [7, 11) is 0.660. The van der Waals surface area contributed by atoms with Gasteiger partial charge in [0.25, 0.3) is 0 Å². The number of nitrogens with zero attached hydrogens (tertiary/aromatic N) is 1. The first-order chi connectivity index (χ1) is 9.14. The summed E-state index contributed by atoms with van der Waals surface area (Å²) >= 11 is 0. The zero-order chi connectivity index (χ0) is 15.1. The molecule has 20 heavy (non-hydrogen) atoms. The van der Waals surface area contributed by atoms with Gasteiger partial charge in [-0.25, -0.2) is 4.98 Å². The van der Waals surface area contributed by atoms with E-state index in [0.717, 1.165) is 11.3 Å². The molecule has 0 bridgehead atoms. The van der Waals surface area contributed by atoms with Crippen LogP contribution in [0.1, 0.15) is 52.7 Å². The molecule has 0 fully saturated rings. The van der Waals surface area contributed by atoms with Gasteiger partial charge in [0.05, 0.1) is 0 Å². The van der Waals surface area contributed by atoms with E-state index in [2.05, 4.69) is 64.7 Å². The Bertz CT molecular complexity index is 636. The van der Waals surface area contributed by atoms with Crippen LogP contribution >= 0.6 is 0 Å². The monoisotopic (exact) mass is 287 g/mol. The van der Waals surface area contributed by atoms with Crippen LogP contribution in [0.4, 0.5) is 0 Å². The van der Waals surface area contributed by atoms with Gasteiger partial charge in [-0.15, -0.1) is 0 Å². The molecule has 108 valence electrons. The summed E-state index contributed by atoms with van der Waals surface area (Å²) in [5.41, 5.74) is 3.02. The fourth-order valence-corrected chi connectivity index (χ4v) is 2.92. The fraction of sp³-hybridized carbons (Fsp3) is 0.471. The van der Waals surface area contributed by atoms with Crippen molar-refractivity contribution in [2.75, 3.05) is 0 Å². The molecule has 0 unspecified atom stereocenters. The molecule has 0 atom stereocenters. The van der Waals surface area contributed by atoms with Crippen molar-refractivity contribution in [1.82, 2.24) is 4.98 Å². The largest absolute Gasteiger partial charge is 0.540 e. The van der Waals surface area contributed by atoms with Gasteiger partial charge < -0.3 is 4.43 Å². The van der Waals surface area contributed by atoms with Gasteiger partial charge in [0, 0.05) is 11.6 Å². The fourth-order valence-electron chi connectivity index (χ4n) is 2.60. The van der Waals surface area contributed by atoms with E-state index in [1.165, 1.54) is 16.5 Å². The normalized spacial score (nSPS) is 12.9. The molecule has 2 rings (SSSR count). The highest BCUT2D eigenvalue weighted by atomic mass is 28.2. The minimum Gasteiger partial charge on any atom is -0.540 e. The molecule has 0 aliphatic heterocycles. The summed E-state index contributed by atoms with van der Waals surface area (Å²) in [5, 5.41) is 2.34. The van der Waals surface area contributed by atoms with Crippen LogP contribution in [0.5, 0.6) is 5.88 Å². The van der Waals surface area contributed by atoms with E-state index in [4.69, 9.17) is 4.43 Å². The van der Waals surface area contributed by atoms with Crippen LogP contribution in [0.15, 0.2) is 24.4 Å². The molecular weight excluding hydrogens is 262 g/mol.